The van der Waals surface area contributed by atoms with Crippen molar-refractivity contribution in [2.45, 2.75) is 33.4 Å². The first kappa shape index (κ1) is 26.8. The van der Waals surface area contributed by atoms with Crippen LogP contribution in [0.25, 0.3) is 6.08 Å². The molecule has 0 bridgehead atoms. The summed E-state index contributed by atoms with van der Waals surface area (Å²) in [6.07, 6.45) is 1.82. The van der Waals surface area contributed by atoms with Crippen molar-refractivity contribution in [2.24, 2.45) is 4.99 Å². The molecule has 0 aliphatic carbocycles. The molecule has 2 heterocycles. The molecule has 39 heavy (non-hydrogen) atoms. The Morgan fingerprint density at radius 2 is 1.82 bits per heavy atom. The van der Waals surface area contributed by atoms with E-state index < -0.39 is 12.0 Å². The zero-order valence-electron chi connectivity index (χ0n) is 21.8. The Morgan fingerprint density at radius 1 is 1.08 bits per heavy atom. The maximum Gasteiger partial charge on any atom is 0.338 e. The summed E-state index contributed by atoms with van der Waals surface area (Å²) >= 11 is 4.83. The van der Waals surface area contributed by atoms with Gasteiger partial charge in [-0.25, -0.2) is 9.79 Å². The number of hydrogen-bond acceptors (Lipinski definition) is 6. The second kappa shape index (κ2) is 11.6. The predicted octanol–water partition coefficient (Wildman–Crippen LogP) is 5.45. The summed E-state index contributed by atoms with van der Waals surface area (Å²) in [6, 6.07) is 22.8. The molecule has 0 saturated heterocycles. The maximum atomic E-state index is 13.9. The molecule has 198 valence electrons. The molecule has 0 amide bonds. The highest BCUT2D eigenvalue weighted by atomic mass is 79.9. The first-order chi connectivity index (χ1) is 18.9. The van der Waals surface area contributed by atoms with E-state index in [1.165, 1.54) is 11.3 Å². The number of ether oxygens (including phenoxy) is 2. The molecular formula is C31H27BrN2O4S. The minimum Gasteiger partial charge on any atom is -0.488 e. The average Bonchev–Trinajstić information content (AvgIpc) is 3.22. The van der Waals surface area contributed by atoms with Crippen LogP contribution >= 0.6 is 27.3 Å². The molecular weight excluding hydrogens is 576 g/mol. The summed E-state index contributed by atoms with van der Waals surface area (Å²) in [5.74, 6) is 0.188. The second-order valence-electron chi connectivity index (χ2n) is 9.17. The van der Waals surface area contributed by atoms with Crippen LogP contribution in [0.1, 0.15) is 42.1 Å². The number of thiazole rings is 1. The van der Waals surface area contributed by atoms with Crippen molar-refractivity contribution in [1.29, 1.82) is 0 Å². The Balaban J connectivity index is 1.63. The van der Waals surface area contributed by atoms with Gasteiger partial charge in [0.25, 0.3) is 5.56 Å². The lowest BCUT2D eigenvalue weighted by atomic mass is 9.95. The quantitative estimate of drug-likeness (QED) is 0.264. The fourth-order valence-corrected chi connectivity index (χ4v) is 5.91. The third kappa shape index (κ3) is 5.67. The molecule has 1 aromatic heterocycles. The van der Waals surface area contributed by atoms with Gasteiger partial charge in [-0.3, -0.25) is 9.36 Å². The number of benzene rings is 3. The van der Waals surface area contributed by atoms with Gasteiger partial charge in [0, 0.05) is 10.0 Å². The first-order valence-electron chi connectivity index (χ1n) is 12.6. The molecule has 3 aromatic carbocycles. The average molecular weight is 604 g/mol. The van der Waals surface area contributed by atoms with Gasteiger partial charge >= 0.3 is 5.97 Å². The molecule has 0 fully saturated rings. The zero-order chi connectivity index (χ0) is 27.5. The number of fused-ring (bicyclic) bond motifs is 1. The van der Waals surface area contributed by atoms with Gasteiger partial charge in [0.1, 0.15) is 12.4 Å². The van der Waals surface area contributed by atoms with Crippen LogP contribution in [0.5, 0.6) is 5.75 Å². The fourth-order valence-electron chi connectivity index (χ4n) is 4.50. The van der Waals surface area contributed by atoms with E-state index in [9.17, 15) is 9.59 Å². The molecule has 1 atom stereocenters. The van der Waals surface area contributed by atoms with Crippen LogP contribution in [0.2, 0.25) is 0 Å². The maximum absolute atomic E-state index is 13.9. The Bertz CT molecular complexity index is 1740. The van der Waals surface area contributed by atoms with Crippen molar-refractivity contribution in [3.05, 3.63) is 130 Å². The fraction of sp³-hybridized carbons (Fsp3) is 0.194. The number of rotatable bonds is 7. The van der Waals surface area contributed by atoms with E-state index >= 15 is 0 Å². The van der Waals surface area contributed by atoms with Crippen molar-refractivity contribution in [2.75, 3.05) is 6.61 Å². The first-order valence-corrected chi connectivity index (χ1v) is 14.2. The van der Waals surface area contributed by atoms with Crippen molar-refractivity contribution in [3.8, 4) is 5.75 Å². The van der Waals surface area contributed by atoms with Crippen LogP contribution in [-0.2, 0) is 16.1 Å². The number of carbonyl (C=O) groups excluding carboxylic acids is 1. The molecule has 5 rings (SSSR count). The topological polar surface area (TPSA) is 69.9 Å². The Morgan fingerprint density at radius 3 is 2.54 bits per heavy atom. The van der Waals surface area contributed by atoms with Crippen molar-refractivity contribution in [3.63, 3.8) is 0 Å². The molecule has 0 unspecified atom stereocenters. The number of carbonyl (C=O) groups is 1. The van der Waals surface area contributed by atoms with Crippen LogP contribution < -0.4 is 19.6 Å². The third-order valence-electron chi connectivity index (χ3n) is 6.41. The SMILES string of the molecule is CCOC(=O)C1=C(C)N=c2s/c(=C/c3cc(Br)ccc3OCc3ccccc3)c(=O)n2[C@@H]1c1ccc(C)cc1. The smallest absolute Gasteiger partial charge is 0.338 e. The van der Waals surface area contributed by atoms with Crippen molar-refractivity contribution >= 4 is 39.3 Å². The minimum atomic E-state index is -0.639. The summed E-state index contributed by atoms with van der Waals surface area (Å²) in [6.45, 7) is 6.18. The molecule has 1 aliphatic heterocycles. The van der Waals surface area contributed by atoms with Gasteiger partial charge in [-0.2, -0.15) is 0 Å². The van der Waals surface area contributed by atoms with Gasteiger partial charge in [0.2, 0.25) is 0 Å². The van der Waals surface area contributed by atoms with E-state index in [0.717, 1.165) is 26.7 Å². The van der Waals surface area contributed by atoms with Gasteiger partial charge in [0.05, 0.1) is 28.5 Å². The summed E-state index contributed by atoms with van der Waals surface area (Å²) in [7, 11) is 0. The highest BCUT2D eigenvalue weighted by Crippen LogP contribution is 2.31. The van der Waals surface area contributed by atoms with E-state index in [1.54, 1.807) is 18.4 Å². The number of hydrogen-bond donors (Lipinski definition) is 0. The van der Waals surface area contributed by atoms with Crippen molar-refractivity contribution < 1.29 is 14.3 Å². The van der Waals surface area contributed by atoms with Gasteiger partial charge in [-0.1, -0.05) is 87.4 Å². The van der Waals surface area contributed by atoms with Crippen molar-refractivity contribution in [1.82, 2.24) is 4.57 Å². The summed E-state index contributed by atoms with van der Waals surface area (Å²) in [5, 5.41) is 0. The van der Waals surface area contributed by atoms with Crippen LogP contribution in [0, 0.1) is 6.92 Å². The molecule has 0 radical (unpaired) electrons. The van der Waals surface area contributed by atoms with Crippen LogP contribution in [0.15, 0.2) is 98.3 Å². The lowest BCUT2D eigenvalue weighted by Gasteiger charge is -2.24. The van der Waals surface area contributed by atoms with E-state index in [2.05, 4.69) is 20.9 Å². The van der Waals surface area contributed by atoms with Crippen LogP contribution in [0.4, 0.5) is 0 Å². The van der Waals surface area contributed by atoms with Gasteiger partial charge < -0.3 is 9.47 Å². The normalized spacial score (nSPS) is 15.1. The highest BCUT2D eigenvalue weighted by Gasteiger charge is 2.33. The minimum absolute atomic E-state index is 0.229. The number of halogens is 1. The standard InChI is InChI=1S/C31H27BrN2O4S/c1-4-37-30(36)27-20(3)33-31-34(28(27)22-12-10-19(2)11-13-22)29(35)26(39-31)17-23-16-24(32)14-15-25(23)38-18-21-8-6-5-7-9-21/h5-17,28H,4,18H2,1-3H3/b26-17+/t28-/m1/s1. The van der Waals surface area contributed by atoms with E-state index in [1.807, 2.05) is 85.8 Å². The van der Waals surface area contributed by atoms with Gasteiger partial charge in [-0.15, -0.1) is 0 Å². The summed E-state index contributed by atoms with van der Waals surface area (Å²) < 4.78 is 14.5. The van der Waals surface area contributed by atoms with E-state index in [4.69, 9.17) is 9.47 Å². The van der Waals surface area contributed by atoms with Gasteiger partial charge in [-0.05, 0) is 56.2 Å². The molecule has 0 spiro atoms. The number of allylic oxidation sites excluding steroid dienone is 1. The van der Waals surface area contributed by atoms with E-state index in [-0.39, 0.29) is 12.2 Å². The number of aromatic nitrogens is 1. The summed E-state index contributed by atoms with van der Waals surface area (Å²) in [5.41, 5.74) is 4.40. The third-order valence-corrected chi connectivity index (χ3v) is 7.88. The number of aryl methyl sites for hydroxylation is 1. The van der Waals surface area contributed by atoms with Crippen LogP contribution in [0.3, 0.4) is 0 Å². The molecule has 4 aromatic rings. The lowest BCUT2D eigenvalue weighted by molar-refractivity contribution is -0.139. The Labute approximate surface area is 238 Å². The number of esters is 1. The lowest BCUT2D eigenvalue weighted by Crippen LogP contribution is -2.39. The zero-order valence-corrected chi connectivity index (χ0v) is 24.2. The molecule has 0 N–H and O–H groups in total. The monoisotopic (exact) mass is 602 g/mol. The Hall–Kier alpha value is -3.75. The molecule has 1 aliphatic rings. The number of nitrogens with zero attached hydrogens (tertiary/aromatic N) is 2. The summed E-state index contributed by atoms with van der Waals surface area (Å²) in [4.78, 5) is 32.2. The highest BCUT2D eigenvalue weighted by molar-refractivity contribution is 9.10. The largest absolute Gasteiger partial charge is 0.488 e. The second-order valence-corrected chi connectivity index (χ2v) is 11.1. The van der Waals surface area contributed by atoms with Gasteiger partial charge in [0.15, 0.2) is 4.80 Å². The van der Waals surface area contributed by atoms with Crippen LogP contribution in [-0.4, -0.2) is 17.1 Å². The molecule has 6 nitrogen and oxygen atoms in total. The Kier molecular flexibility index (Phi) is 7.95. The molecule has 8 heteroatoms. The molecule has 0 saturated carbocycles. The predicted molar refractivity (Wildman–Crippen MR) is 156 cm³/mol. The van der Waals surface area contributed by atoms with E-state index in [0.29, 0.717) is 33.0 Å².